The van der Waals surface area contributed by atoms with E-state index in [9.17, 15) is 19.7 Å². The fraction of sp³-hybridized carbons (Fsp3) is 0. The van der Waals surface area contributed by atoms with E-state index >= 15 is 0 Å². The second kappa shape index (κ2) is 8.08. The van der Waals surface area contributed by atoms with E-state index in [4.69, 9.17) is 5.11 Å². The number of anilines is 1. The molecule has 3 aromatic carbocycles. The molecule has 1 N–H and O–H groups in total. The van der Waals surface area contributed by atoms with Gasteiger partial charge in [0.05, 0.1) is 16.2 Å². The van der Waals surface area contributed by atoms with Gasteiger partial charge >= 0.3 is 5.97 Å². The number of carboxylic acid groups (broad SMARTS) is 1. The lowest BCUT2D eigenvalue weighted by Crippen LogP contribution is -2.25. The van der Waals surface area contributed by atoms with Crippen LogP contribution in [0, 0.1) is 10.1 Å². The Bertz CT molecular complexity index is 1230. The predicted molar refractivity (Wildman–Crippen MR) is 116 cm³/mol. The van der Waals surface area contributed by atoms with Crippen LogP contribution in [-0.2, 0) is 4.79 Å². The number of non-ortho nitro benzene ring substituents is 1. The summed E-state index contributed by atoms with van der Waals surface area (Å²) in [7, 11) is 0. The van der Waals surface area contributed by atoms with Gasteiger partial charge in [-0.15, -0.1) is 0 Å². The molecule has 7 nitrogen and oxygen atoms in total. The largest absolute Gasteiger partial charge is 0.478 e. The summed E-state index contributed by atoms with van der Waals surface area (Å²) in [6.45, 7) is 0. The number of hydrogen-bond acceptors (Lipinski definition) is 4. The summed E-state index contributed by atoms with van der Waals surface area (Å²) in [6.07, 6.45) is 3.42. The fourth-order valence-electron chi connectivity index (χ4n) is 3.32. The molecule has 7 heteroatoms. The summed E-state index contributed by atoms with van der Waals surface area (Å²) in [6, 6.07) is 21.4. The minimum Gasteiger partial charge on any atom is -0.478 e. The standard InChI is InChI=1S/C24H16N2O5/c27-23-19(14-16-6-10-21(11-7-16)26(30)31)15-22(17-4-2-1-3-5-17)25(23)20-12-8-18(9-13-20)24(28)29/h1-15H,(H,28,29)/b19-14+. The summed E-state index contributed by atoms with van der Waals surface area (Å²) in [4.78, 5) is 36.3. The smallest absolute Gasteiger partial charge is 0.335 e. The molecule has 0 bridgehead atoms. The number of nitro groups is 1. The van der Waals surface area contributed by atoms with Crippen molar-refractivity contribution in [2.45, 2.75) is 0 Å². The zero-order valence-electron chi connectivity index (χ0n) is 16.1. The Labute approximate surface area is 177 Å². The molecule has 0 fully saturated rings. The zero-order chi connectivity index (χ0) is 22.0. The number of carbonyl (C=O) groups is 2. The first-order valence-corrected chi connectivity index (χ1v) is 9.35. The number of carbonyl (C=O) groups excluding carboxylic acids is 1. The van der Waals surface area contributed by atoms with Gasteiger partial charge in [0.2, 0.25) is 0 Å². The van der Waals surface area contributed by atoms with Gasteiger partial charge in [0, 0.05) is 23.4 Å². The molecule has 0 unspecified atom stereocenters. The topological polar surface area (TPSA) is 101 Å². The van der Waals surface area contributed by atoms with Gasteiger partial charge in [0.25, 0.3) is 11.6 Å². The molecule has 0 radical (unpaired) electrons. The van der Waals surface area contributed by atoms with Crippen LogP contribution in [-0.4, -0.2) is 21.9 Å². The highest BCUT2D eigenvalue weighted by atomic mass is 16.6. The SMILES string of the molecule is O=C(O)c1ccc(N2C(=O)/C(=C/c3ccc([N+](=O)[O-])cc3)C=C2c2ccccc2)cc1. The number of hydrogen-bond donors (Lipinski definition) is 1. The molecule has 3 aromatic rings. The molecule has 0 aromatic heterocycles. The highest BCUT2D eigenvalue weighted by molar-refractivity contribution is 6.23. The van der Waals surface area contributed by atoms with Crippen molar-refractivity contribution in [1.29, 1.82) is 0 Å². The molecule has 0 saturated carbocycles. The van der Waals surface area contributed by atoms with Crippen molar-refractivity contribution >= 4 is 35.0 Å². The summed E-state index contributed by atoms with van der Waals surface area (Å²) in [5.41, 5.74) is 3.18. The molecule has 152 valence electrons. The molecule has 1 aliphatic heterocycles. The van der Waals surface area contributed by atoms with Crippen molar-refractivity contribution in [2.75, 3.05) is 4.90 Å². The Morgan fingerprint density at radius 2 is 1.58 bits per heavy atom. The highest BCUT2D eigenvalue weighted by Crippen LogP contribution is 2.35. The van der Waals surface area contributed by atoms with E-state index in [0.717, 1.165) is 5.56 Å². The average molecular weight is 412 g/mol. The molecule has 4 rings (SSSR count). The highest BCUT2D eigenvalue weighted by Gasteiger charge is 2.30. The van der Waals surface area contributed by atoms with Crippen molar-refractivity contribution in [3.63, 3.8) is 0 Å². The minimum atomic E-state index is -1.04. The number of aromatic carboxylic acids is 1. The number of benzene rings is 3. The Morgan fingerprint density at radius 1 is 0.935 bits per heavy atom. The van der Waals surface area contributed by atoms with E-state index in [1.807, 2.05) is 30.3 Å². The third-order valence-corrected chi connectivity index (χ3v) is 4.85. The quantitative estimate of drug-likeness (QED) is 0.370. The van der Waals surface area contributed by atoms with Gasteiger partial charge in [-0.05, 0) is 59.7 Å². The van der Waals surface area contributed by atoms with E-state index in [2.05, 4.69) is 0 Å². The lowest BCUT2D eigenvalue weighted by atomic mass is 10.1. The molecule has 0 spiro atoms. The molecule has 1 aliphatic rings. The van der Waals surface area contributed by atoms with Crippen molar-refractivity contribution in [2.24, 2.45) is 0 Å². The fourth-order valence-corrected chi connectivity index (χ4v) is 3.32. The van der Waals surface area contributed by atoms with Crippen LogP contribution >= 0.6 is 0 Å². The maximum absolute atomic E-state index is 13.3. The molecule has 0 aliphatic carbocycles. The number of carboxylic acids is 1. The molecular formula is C24H16N2O5. The van der Waals surface area contributed by atoms with Gasteiger partial charge in [-0.25, -0.2) is 4.79 Å². The molecule has 31 heavy (non-hydrogen) atoms. The summed E-state index contributed by atoms with van der Waals surface area (Å²) >= 11 is 0. The van der Waals surface area contributed by atoms with Crippen LogP contribution in [0.3, 0.4) is 0 Å². The molecule has 1 heterocycles. The van der Waals surface area contributed by atoms with Gasteiger partial charge in [0.1, 0.15) is 0 Å². The number of nitro benzene ring substituents is 1. The second-order valence-corrected chi connectivity index (χ2v) is 6.84. The van der Waals surface area contributed by atoms with Gasteiger partial charge < -0.3 is 5.11 Å². The van der Waals surface area contributed by atoms with Gasteiger partial charge in [-0.2, -0.15) is 0 Å². The second-order valence-electron chi connectivity index (χ2n) is 6.84. The van der Waals surface area contributed by atoms with Crippen molar-refractivity contribution in [3.05, 3.63) is 117 Å². The monoisotopic (exact) mass is 412 g/mol. The van der Waals surface area contributed by atoms with Crippen molar-refractivity contribution in [1.82, 2.24) is 0 Å². The van der Waals surface area contributed by atoms with Crippen molar-refractivity contribution in [3.8, 4) is 0 Å². The van der Waals surface area contributed by atoms with Crippen LogP contribution in [0.15, 0.2) is 90.5 Å². The molecule has 0 saturated heterocycles. The molecule has 0 atom stereocenters. The zero-order valence-corrected chi connectivity index (χ0v) is 16.1. The Kier molecular flexibility index (Phi) is 5.15. The first kappa shape index (κ1) is 19.8. The third kappa shape index (κ3) is 3.97. The Balaban J connectivity index is 1.76. The third-order valence-electron chi connectivity index (χ3n) is 4.85. The van der Waals surface area contributed by atoms with Crippen LogP contribution in [0.4, 0.5) is 11.4 Å². The van der Waals surface area contributed by atoms with Gasteiger partial charge in [0.15, 0.2) is 0 Å². The number of rotatable bonds is 5. The molecular weight excluding hydrogens is 396 g/mol. The Hall–Kier alpha value is -4.52. The van der Waals surface area contributed by atoms with E-state index < -0.39 is 10.9 Å². The van der Waals surface area contributed by atoms with E-state index in [0.29, 0.717) is 22.5 Å². The summed E-state index contributed by atoms with van der Waals surface area (Å²) < 4.78 is 0. The summed E-state index contributed by atoms with van der Waals surface area (Å²) in [5.74, 6) is -1.32. The lowest BCUT2D eigenvalue weighted by Gasteiger charge is -2.21. The normalized spacial score (nSPS) is 14.6. The van der Waals surface area contributed by atoms with Gasteiger partial charge in [-0.3, -0.25) is 19.8 Å². The number of amides is 1. The average Bonchev–Trinajstić information content (AvgIpc) is 3.10. The Morgan fingerprint density at radius 3 is 2.16 bits per heavy atom. The van der Waals surface area contributed by atoms with E-state index in [1.165, 1.54) is 29.2 Å². The number of nitrogens with zero attached hydrogens (tertiary/aromatic N) is 2. The maximum Gasteiger partial charge on any atom is 0.335 e. The van der Waals surface area contributed by atoms with E-state index in [1.54, 1.807) is 36.4 Å². The maximum atomic E-state index is 13.3. The molecule has 1 amide bonds. The first-order chi connectivity index (χ1) is 14.9. The minimum absolute atomic E-state index is 0.0273. The van der Waals surface area contributed by atoms with Crippen molar-refractivity contribution < 1.29 is 19.6 Å². The van der Waals surface area contributed by atoms with Gasteiger partial charge in [-0.1, -0.05) is 30.3 Å². The van der Waals surface area contributed by atoms with Crippen LogP contribution in [0.5, 0.6) is 0 Å². The summed E-state index contributed by atoms with van der Waals surface area (Å²) in [5, 5.41) is 20.0. The van der Waals surface area contributed by atoms with Crippen LogP contribution < -0.4 is 4.90 Å². The first-order valence-electron chi connectivity index (χ1n) is 9.35. The van der Waals surface area contributed by atoms with E-state index in [-0.39, 0.29) is 17.2 Å². The van der Waals surface area contributed by atoms with Crippen LogP contribution in [0.1, 0.15) is 21.5 Å². The predicted octanol–water partition coefficient (Wildman–Crippen LogP) is 4.76. The van der Waals surface area contributed by atoms with Crippen LogP contribution in [0.25, 0.3) is 11.8 Å². The van der Waals surface area contributed by atoms with Crippen LogP contribution in [0.2, 0.25) is 0 Å². The lowest BCUT2D eigenvalue weighted by molar-refractivity contribution is -0.384.